The van der Waals surface area contributed by atoms with Crippen LogP contribution in [0.4, 0.5) is 0 Å². The lowest BCUT2D eigenvalue weighted by molar-refractivity contribution is 0.379. The van der Waals surface area contributed by atoms with Gasteiger partial charge in [-0.2, -0.15) is 0 Å². The van der Waals surface area contributed by atoms with Crippen molar-refractivity contribution < 1.29 is 9.47 Å². The molecule has 3 nitrogen and oxygen atoms in total. The molecule has 1 aromatic rings. The predicted octanol–water partition coefficient (Wildman–Crippen LogP) is 3.44. The number of piperidine rings is 1. The average Bonchev–Trinajstić information content (AvgIpc) is 2.44. The molecule has 1 unspecified atom stereocenters. The second kappa shape index (κ2) is 6.02. The highest BCUT2D eigenvalue weighted by molar-refractivity contribution is 6.33. The highest BCUT2D eigenvalue weighted by Crippen LogP contribution is 2.45. The van der Waals surface area contributed by atoms with Crippen molar-refractivity contribution in [2.45, 2.75) is 32.6 Å². The first-order chi connectivity index (χ1) is 9.11. The van der Waals surface area contributed by atoms with Crippen molar-refractivity contribution in [1.29, 1.82) is 0 Å². The van der Waals surface area contributed by atoms with E-state index in [0.717, 1.165) is 35.7 Å². The Balaban J connectivity index is 2.59. The van der Waals surface area contributed by atoms with Gasteiger partial charge in [-0.05, 0) is 38.8 Å². The third kappa shape index (κ3) is 2.54. The van der Waals surface area contributed by atoms with E-state index >= 15 is 0 Å². The van der Waals surface area contributed by atoms with E-state index in [-0.39, 0.29) is 0 Å². The minimum atomic E-state index is 0.466. The maximum Gasteiger partial charge on any atom is 0.141 e. The molecule has 106 valence electrons. The van der Waals surface area contributed by atoms with E-state index in [1.54, 1.807) is 14.2 Å². The van der Waals surface area contributed by atoms with Crippen LogP contribution in [0, 0.1) is 13.8 Å². The number of hydrogen-bond acceptors (Lipinski definition) is 3. The Morgan fingerprint density at radius 3 is 2.32 bits per heavy atom. The van der Waals surface area contributed by atoms with Gasteiger partial charge >= 0.3 is 0 Å². The molecule has 0 bridgehead atoms. The first kappa shape index (κ1) is 14.5. The van der Waals surface area contributed by atoms with Crippen molar-refractivity contribution in [1.82, 2.24) is 5.32 Å². The Hall–Kier alpha value is -0.930. The maximum absolute atomic E-state index is 6.37. The monoisotopic (exact) mass is 283 g/mol. The van der Waals surface area contributed by atoms with Crippen molar-refractivity contribution >= 4 is 11.6 Å². The van der Waals surface area contributed by atoms with Crippen molar-refractivity contribution in [2.24, 2.45) is 0 Å². The van der Waals surface area contributed by atoms with E-state index in [2.05, 4.69) is 12.2 Å². The first-order valence-electron chi connectivity index (χ1n) is 6.73. The Morgan fingerprint density at radius 1 is 1.11 bits per heavy atom. The van der Waals surface area contributed by atoms with E-state index in [4.69, 9.17) is 21.1 Å². The summed E-state index contributed by atoms with van der Waals surface area (Å²) in [5.41, 5.74) is 3.31. The molecule has 2 rings (SSSR count). The Bertz CT molecular complexity index is 468. The molecule has 0 saturated carbocycles. The van der Waals surface area contributed by atoms with Crippen LogP contribution >= 0.6 is 11.6 Å². The molecule has 0 spiro atoms. The number of halogens is 1. The first-order valence-corrected chi connectivity index (χ1v) is 7.10. The lowest BCUT2D eigenvalue weighted by Gasteiger charge is -2.28. The SMILES string of the molecule is COc1c(C)c(C2CCCNC2)c(OC)c(C)c1Cl. The third-order valence-corrected chi connectivity index (χ3v) is 4.43. The van der Waals surface area contributed by atoms with Crippen molar-refractivity contribution in [3.8, 4) is 11.5 Å². The minimum Gasteiger partial charge on any atom is -0.496 e. The fourth-order valence-electron chi connectivity index (χ4n) is 3.02. The lowest BCUT2D eigenvalue weighted by atomic mass is 9.86. The van der Waals surface area contributed by atoms with Crippen LogP contribution < -0.4 is 14.8 Å². The second-order valence-corrected chi connectivity index (χ2v) is 5.47. The zero-order chi connectivity index (χ0) is 14.0. The molecule has 0 aliphatic carbocycles. The largest absolute Gasteiger partial charge is 0.496 e. The summed E-state index contributed by atoms with van der Waals surface area (Å²) in [6.07, 6.45) is 2.37. The zero-order valence-electron chi connectivity index (χ0n) is 12.1. The molecule has 1 aliphatic heterocycles. The summed E-state index contributed by atoms with van der Waals surface area (Å²) in [5, 5.41) is 4.11. The number of rotatable bonds is 3. The van der Waals surface area contributed by atoms with Gasteiger partial charge in [-0.25, -0.2) is 0 Å². The standard InChI is InChI=1S/C15H22ClNO2/c1-9-12(11-6-5-7-17-8-11)14(18-3)10(2)13(16)15(9)19-4/h11,17H,5-8H2,1-4H3. The molecule has 0 amide bonds. The number of benzene rings is 1. The summed E-state index contributed by atoms with van der Waals surface area (Å²) >= 11 is 6.37. The minimum absolute atomic E-state index is 0.466. The smallest absolute Gasteiger partial charge is 0.141 e. The van der Waals surface area contributed by atoms with Crippen molar-refractivity contribution in [3.05, 3.63) is 21.7 Å². The Morgan fingerprint density at radius 2 is 1.79 bits per heavy atom. The summed E-state index contributed by atoms with van der Waals surface area (Å²) < 4.78 is 11.1. The number of ether oxygens (including phenoxy) is 2. The van der Waals surface area contributed by atoms with Crippen LogP contribution in [0.15, 0.2) is 0 Å². The molecule has 4 heteroatoms. The normalized spacial score (nSPS) is 19.3. The molecule has 1 heterocycles. The van der Waals surface area contributed by atoms with Crippen LogP contribution in [0.25, 0.3) is 0 Å². The molecule has 0 radical (unpaired) electrons. The Labute approximate surface area is 120 Å². The molecule has 1 aliphatic rings. The van der Waals surface area contributed by atoms with Crippen molar-refractivity contribution in [3.63, 3.8) is 0 Å². The number of hydrogen-bond donors (Lipinski definition) is 1. The van der Waals surface area contributed by atoms with E-state index in [9.17, 15) is 0 Å². The number of nitrogens with one attached hydrogen (secondary N) is 1. The molecule has 1 fully saturated rings. The molecular weight excluding hydrogens is 262 g/mol. The van der Waals surface area contributed by atoms with Crippen LogP contribution in [-0.2, 0) is 0 Å². The van der Waals surface area contributed by atoms with Gasteiger partial charge in [0.25, 0.3) is 0 Å². The molecule has 0 aromatic heterocycles. The summed E-state index contributed by atoms with van der Waals surface area (Å²) in [6.45, 7) is 6.14. The fourth-order valence-corrected chi connectivity index (χ4v) is 3.33. The zero-order valence-corrected chi connectivity index (χ0v) is 12.9. The van der Waals surface area contributed by atoms with Gasteiger partial charge in [-0.15, -0.1) is 0 Å². The van der Waals surface area contributed by atoms with Gasteiger partial charge in [-0.1, -0.05) is 11.6 Å². The van der Waals surface area contributed by atoms with E-state index in [1.807, 2.05) is 6.92 Å². The van der Waals surface area contributed by atoms with Gasteiger partial charge in [-0.3, -0.25) is 0 Å². The highest BCUT2D eigenvalue weighted by Gasteiger charge is 2.26. The van der Waals surface area contributed by atoms with Gasteiger partial charge in [0.2, 0.25) is 0 Å². The van der Waals surface area contributed by atoms with Gasteiger partial charge in [0.05, 0.1) is 19.2 Å². The average molecular weight is 284 g/mol. The molecule has 19 heavy (non-hydrogen) atoms. The molecular formula is C15H22ClNO2. The lowest BCUT2D eigenvalue weighted by Crippen LogP contribution is -2.29. The van der Waals surface area contributed by atoms with E-state index < -0.39 is 0 Å². The Kier molecular flexibility index (Phi) is 4.58. The van der Waals surface area contributed by atoms with Gasteiger partial charge in [0.1, 0.15) is 11.5 Å². The summed E-state index contributed by atoms with van der Waals surface area (Å²) in [4.78, 5) is 0. The topological polar surface area (TPSA) is 30.5 Å². The van der Waals surface area contributed by atoms with Crippen LogP contribution in [0.1, 0.15) is 35.4 Å². The second-order valence-electron chi connectivity index (χ2n) is 5.09. The van der Waals surface area contributed by atoms with E-state index in [0.29, 0.717) is 10.9 Å². The number of methoxy groups -OCH3 is 2. The van der Waals surface area contributed by atoms with Crippen LogP contribution in [0.2, 0.25) is 5.02 Å². The van der Waals surface area contributed by atoms with Gasteiger partial charge in [0.15, 0.2) is 0 Å². The third-order valence-electron chi connectivity index (χ3n) is 3.97. The molecule has 1 saturated heterocycles. The fraction of sp³-hybridized carbons (Fsp3) is 0.600. The van der Waals surface area contributed by atoms with Gasteiger partial charge in [0, 0.05) is 23.6 Å². The molecule has 1 N–H and O–H groups in total. The van der Waals surface area contributed by atoms with Gasteiger partial charge < -0.3 is 14.8 Å². The maximum atomic E-state index is 6.37. The van der Waals surface area contributed by atoms with Crippen LogP contribution in [-0.4, -0.2) is 27.3 Å². The summed E-state index contributed by atoms with van der Waals surface area (Å²) in [6, 6.07) is 0. The van der Waals surface area contributed by atoms with Crippen LogP contribution in [0.3, 0.4) is 0 Å². The molecule has 1 atom stereocenters. The van der Waals surface area contributed by atoms with Crippen molar-refractivity contribution in [2.75, 3.05) is 27.3 Å². The summed E-state index contributed by atoms with van der Waals surface area (Å²) in [7, 11) is 3.38. The van der Waals surface area contributed by atoms with E-state index in [1.165, 1.54) is 18.4 Å². The predicted molar refractivity (Wildman–Crippen MR) is 78.9 cm³/mol. The molecule has 1 aromatic carbocycles. The highest BCUT2D eigenvalue weighted by atomic mass is 35.5. The van der Waals surface area contributed by atoms with Crippen LogP contribution in [0.5, 0.6) is 11.5 Å². The summed E-state index contributed by atoms with van der Waals surface area (Å²) in [5.74, 6) is 2.16. The quantitative estimate of drug-likeness (QED) is 0.922.